The maximum Gasteiger partial charge on any atom is 0.306 e. The number of rotatable bonds is 9. The standard InChI is InChI=1S/C22H32N2O4/c1-3-27-22(26)15-18-14-21(25)24(16-18)19-7-9-20(10-8-19)28-13-5-12-23-11-4-6-17(23)2/h7-10,17-18H,3-6,11-16H2,1-2H3/t17-,18+/m0/s1. The molecule has 0 unspecified atom stereocenters. The Morgan fingerprint density at radius 2 is 2.04 bits per heavy atom. The van der Waals surface area contributed by atoms with Crippen molar-refractivity contribution < 1.29 is 19.1 Å². The minimum atomic E-state index is -0.228. The lowest BCUT2D eigenvalue weighted by molar-refractivity contribution is -0.144. The van der Waals surface area contributed by atoms with E-state index in [0.29, 0.717) is 38.6 Å². The fourth-order valence-electron chi connectivity index (χ4n) is 4.13. The molecule has 0 aliphatic carbocycles. The molecule has 2 heterocycles. The maximum absolute atomic E-state index is 12.3. The summed E-state index contributed by atoms with van der Waals surface area (Å²) in [5, 5.41) is 0. The second-order valence-electron chi connectivity index (χ2n) is 7.81. The van der Waals surface area contributed by atoms with Crippen molar-refractivity contribution in [2.45, 2.75) is 52.0 Å². The number of carbonyl (C=O) groups excluding carboxylic acids is 2. The molecule has 0 N–H and O–H groups in total. The van der Waals surface area contributed by atoms with E-state index in [9.17, 15) is 9.59 Å². The predicted octanol–water partition coefficient (Wildman–Crippen LogP) is 3.25. The lowest BCUT2D eigenvalue weighted by Gasteiger charge is -2.20. The SMILES string of the molecule is CCOC(=O)C[C@H]1CC(=O)N(c2ccc(OCCCN3CCC[C@@H]3C)cc2)C1. The lowest BCUT2D eigenvalue weighted by Crippen LogP contribution is -2.28. The van der Waals surface area contributed by atoms with Crippen LogP contribution in [-0.4, -0.2) is 55.7 Å². The minimum absolute atomic E-state index is 0.0236. The molecular formula is C22H32N2O4. The van der Waals surface area contributed by atoms with E-state index in [1.807, 2.05) is 24.3 Å². The molecule has 154 valence electrons. The van der Waals surface area contributed by atoms with Gasteiger partial charge < -0.3 is 19.3 Å². The largest absolute Gasteiger partial charge is 0.494 e. The van der Waals surface area contributed by atoms with Crippen molar-refractivity contribution in [2.75, 3.05) is 37.7 Å². The molecule has 2 atom stereocenters. The number of carbonyl (C=O) groups is 2. The zero-order valence-electron chi connectivity index (χ0n) is 17.1. The Morgan fingerprint density at radius 1 is 1.25 bits per heavy atom. The molecule has 3 rings (SSSR count). The zero-order valence-corrected chi connectivity index (χ0v) is 17.1. The van der Waals surface area contributed by atoms with Gasteiger partial charge in [0.15, 0.2) is 0 Å². The Labute approximate surface area is 167 Å². The zero-order chi connectivity index (χ0) is 19.9. The van der Waals surface area contributed by atoms with E-state index in [-0.39, 0.29) is 17.8 Å². The monoisotopic (exact) mass is 388 g/mol. The smallest absolute Gasteiger partial charge is 0.306 e. The van der Waals surface area contributed by atoms with Gasteiger partial charge in [-0.2, -0.15) is 0 Å². The number of hydrogen-bond donors (Lipinski definition) is 0. The Bertz CT molecular complexity index is 661. The van der Waals surface area contributed by atoms with Gasteiger partial charge in [-0.15, -0.1) is 0 Å². The van der Waals surface area contributed by atoms with Gasteiger partial charge in [0, 0.05) is 31.2 Å². The van der Waals surface area contributed by atoms with Crippen molar-refractivity contribution in [1.29, 1.82) is 0 Å². The van der Waals surface area contributed by atoms with E-state index in [4.69, 9.17) is 9.47 Å². The van der Waals surface area contributed by atoms with Gasteiger partial charge in [-0.25, -0.2) is 0 Å². The van der Waals surface area contributed by atoms with Crippen LogP contribution in [0.1, 0.15) is 46.0 Å². The van der Waals surface area contributed by atoms with Crippen LogP contribution in [-0.2, 0) is 14.3 Å². The highest BCUT2D eigenvalue weighted by molar-refractivity contribution is 5.96. The number of esters is 1. The van der Waals surface area contributed by atoms with Crippen molar-refractivity contribution in [3.63, 3.8) is 0 Å². The third kappa shape index (κ3) is 5.47. The summed E-state index contributed by atoms with van der Waals surface area (Å²) in [5.74, 6) is 0.681. The maximum atomic E-state index is 12.3. The van der Waals surface area contributed by atoms with Gasteiger partial charge in [0.1, 0.15) is 5.75 Å². The van der Waals surface area contributed by atoms with E-state index in [1.165, 1.54) is 19.4 Å². The number of anilines is 1. The molecular weight excluding hydrogens is 356 g/mol. The molecule has 2 aliphatic rings. The molecule has 1 amide bonds. The van der Waals surface area contributed by atoms with Gasteiger partial charge in [-0.05, 0) is 69.8 Å². The summed E-state index contributed by atoms with van der Waals surface area (Å²) in [6, 6.07) is 8.37. The summed E-state index contributed by atoms with van der Waals surface area (Å²) in [4.78, 5) is 28.2. The molecule has 28 heavy (non-hydrogen) atoms. The van der Waals surface area contributed by atoms with Gasteiger partial charge in [0.25, 0.3) is 0 Å². The summed E-state index contributed by atoms with van der Waals surface area (Å²) in [7, 11) is 0. The number of hydrogen-bond acceptors (Lipinski definition) is 5. The topological polar surface area (TPSA) is 59.1 Å². The first-order valence-corrected chi connectivity index (χ1v) is 10.5. The molecule has 0 radical (unpaired) electrons. The first-order chi connectivity index (χ1) is 13.6. The molecule has 6 heteroatoms. The summed E-state index contributed by atoms with van der Waals surface area (Å²) in [6.07, 6.45) is 4.32. The minimum Gasteiger partial charge on any atom is -0.494 e. The molecule has 0 aromatic heterocycles. The molecule has 0 bridgehead atoms. The van der Waals surface area contributed by atoms with Gasteiger partial charge in [-0.3, -0.25) is 9.59 Å². The molecule has 2 fully saturated rings. The van der Waals surface area contributed by atoms with E-state index >= 15 is 0 Å². The molecule has 6 nitrogen and oxygen atoms in total. The van der Waals surface area contributed by atoms with Gasteiger partial charge in [-0.1, -0.05) is 0 Å². The van der Waals surface area contributed by atoms with Crippen LogP contribution in [0.5, 0.6) is 5.75 Å². The van der Waals surface area contributed by atoms with E-state index in [1.54, 1.807) is 11.8 Å². The second-order valence-corrected chi connectivity index (χ2v) is 7.81. The van der Waals surface area contributed by atoms with Crippen molar-refractivity contribution in [2.24, 2.45) is 5.92 Å². The van der Waals surface area contributed by atoms with Crippen LogP contribution in [0.4, 0.5) is 5.69 Å². The van der Waals surface area contributed by atoms with Crippen molar-refractivity contribution in [1.82, 2.24) is 4.90 Å². The van der Waals surface area contributed by atoms with E-state index in [2.05, 4.69) is 11.8 Å². The summed E-state index contributed by atoms with van der Waals surface area (Å²) >= 11 is 0. The predicted molar refractivity (Wildman–Crippen MR) is 109 cm³/mol. The van der Waals surface area contributed by atoms with E-state index < -0.39 is 0 Å². The highest BCUT2D eigenvalue weighted by Gasteiger charge is 2.32. The van der Waals surface area contributed by atoms with Crippen LogP contribution in [0.2, 0.25) is 0 Å². The summed E-state index contributed by atoms with van der Waals surface area (Å²) in [6.45, 7) is 8.02. The molecule has 1 aromatic rings. The van der Waals surface area contributed by atoms with Gasteiger partial charge in [0.05, 0.1) is 19.6 Å². The Morgan fingerprint density at radius 3 is 2.71 bits per heavy atom. The highest BCUT2D eigenvalue weighted by Crippen LogP contribution is 2.28. The van der Waals surface area contributed by atoms with Crippen LogP contribution < -0.4 is 9.64 Å². The third-order valence-corrected chi connectivity index (χ3v) is 5.66. The summed E-state index contributed by atoms with van der Waals surface area (Å²) < 4.78 is 10.8. The third-order valence-electron chi connectivity index (χ3n) is 5.66. The quantitative estimate of drug-likeness (QED) is 0.480. The molecule has 2 saturated heterocycles. The van der Waals surface area contributed by atoms with Gasteiger partial charge >= 0.3 is 5.97 Å². The molecule has 0 saturated carbocycles. The normalized spacial score (nSPS) is 22.6. The van der Waals surface area contributed by atoms with Crippen LogP contribution in [0, 0.1) is 5.92 Å². The number of nitrogens with zero attached hydrogens (tertiary/aromatic N) is 2. The molecule has 0 spiro atoms. The average molecular weight is 389 g/mol. The first kappa shape index (κ1) is 20.6. The Kier molecular flexibility index (Phi) is 7.31. The summed E-state index contributed by atoms with van der Waals surface area (Å²) in [5.41, 5.74) is 0.856. The van der Waals surface area contributed by atoms with Crippen molar-refractivity contribution in [3.8, 4) is 5.75 Å². The molecule has 1 aromatic carbocycles. The van der Waals surface area contributed by atoms with Crippen molar-refractivity contribution >= 4 is 17.6 Å². The van der Waals surface area contributed by atoms with Crippen LogP contribution >= 0.6 is 0 Å². The average Bonchev–Trinajstić information content (AvgIpc) is 3.24. The first-order valence-electron chi connectivity index (χ1n) is 10.5. The number of ether oxygens (including phenoxy) is 2. The number of benzene rings is 1. The number of amides is 1. The highest BCUT2D eigenvalue weighted by atomic mass is 16.5. The van der Waals surface area contributed by atoms with Crippen LogP contribution in [0.15, 0.2) is 24.3 Å². The van der Waals surface area contributed by atoms with Crippen LogP contribution in [0.25, 0.3) is 0 Å². The Hall–Kier alpha value is -2.08. The molecule has 2 aliphatic heterocycles. The van der Waals surface area contributed by atoms with E-state index in [0.717, 1.165) is 24.4 Å². The lowest BCUT2D eigenvalue weighted by atomic mass is 10.1. The van der Waals surface area contributed by atoms with Crippen molar-refractivity contribution in [3.05, 3.63) is 24.3 Å². The Balaban J connectivity index is 1.43. The fourth-order valence-corrected chi connectivity index (χ4v) is 4.13. The van der Waals surface area contributed by atoms with Crippen LogP contribution in [0.3, 0.4) is 0 Å². The van der Waals surface area contributed by atoms with Gasteiger partial charge in [0.2, 0.25) is 5.91 Å². The second kappa shape index (κ2) is 9.92. The fraction of sp³-hybridized carbons (Fsp3) is 0.636. The number of likely N-dealkylation sites (tertiary alicyclic amines) is 1.